The van der Waals surface area contributed by atoms with Crippen molar-refractivity contribution in [1.82, 2.24) is 5.32 Å². The Balaban J connectivity index is 3.93. The molecule has 20 heavy (non-hydrogen) atoms. The quantitative estimate of drug-likeness (QED) is 0.267. The summed E-state index contributed by atoms with van der Waals surface area (Å²) in [6, 6.07) is 0. The first-order chi connectivity index (χ1) is 9.24. The van der Waals surface area contributed by atoms with E-state index in [9.17, 15) is 9.59 Å². The third-order valence-electron chi connectivity index (χ3n) is 1.93. The molecule has 0 bridgehead atoms. The van der Waals surface area contributed by atoms with E-state index in [-0.39, 0.29) is 18.9 Å². The summed E-state index contributed by atoms with van der Waals surface area (Å²) in [6.07, 6.45) is 1.92. The molecule has 0 spiro atoms. The third kappa shape index (κ3) is 11.3. The second-order valence-electron chi connectivity index (χ2n) is 5.14. The van der Waals surface area contributed by atoms with Crippen LogP contribution in [0.1, 0.15) is 40.5 Å². The number of carbonyl (C=O) groups excluding carboxylic acids is 2. The van der Waals surface area contributed by atoms with Gasteiger partial charge in [0.05, 0.1) is 19.6 Å². The normalized spacial score (nSPS) is 11.7. The Morgan fingerprint density at radius 3 is 2.55 bits per heavy atom. The van der Waals surface area contributed by atoms with Gasteiger partial charge in [-0.1, -0.05) is 6.08 Å². The molecule has 6 heteroatoms. The predicted octanol–water partition coefficient (Wildman–Crippen LogP) is 2.44. The van der Waals surface area contributed by atoms with Gasteiger partial charge in [-0.3, -0.25) is 15.1 Å². The second kappa shape index (κ2) is 9.12. The lowest BCUT2D eigenvalue weighted by molar-refractivity contribution is -0.143. The van der Waals surface area contributed by atoms with Gasteiger partial charge in [-0.25, -0.2) is 4.79 Å². The molecule has 0 atom stereocenters. The van der Waals surface area contributed by atoms with Crippen LogP contribution in [0.3, 0.4) is 0 Å². The van der Waals surface area contributed by atoms with Gasteiger partial charge in [-0.05, 0) is 34.1 Å². The molecule has 0 aromatic heterocycles. The zero-order valence-electron chi connectivity index (χ0n) is 12.7. The van der Waals surface area contributed by atoms with Crippen molar-refractivity contribution in [3.8, 4) is 0 Å². The van der Waals surface area contributed by atoms with E-state index in [0.29, 0.717) is 18.9 Å². The number of amides is 1. The number of hydrogen-bond acceptors (Lipinski definition) is 5. The molecular weight excluding hydrogens is 260 g/mol. The van der Waals surface area contributed by atoms with E-state index in [0.717, 1.165) is 0 Å². The minimum Gasteiger partial charge on any atom is -0.465 e. The Morgan fingerprint density at radius 2 is 2.00 bits per heavy atom. The third-order valence-corrected chi connectivity index (χ3v) is 1.93. The molecule has 0 unspecified atom stereocenters. The Hall–Kier alpha value is -1.85. The van der Waals surface area contributed by atoms with Crippen molar-refractivity contribution in [2.45, 2.75) is 46.1 Å². The van der Waals surface area contributed by atoms with Crippen molar-refractivity contribution in [3.05, 3.63) is 12.7 Å². The van der Waals surface area contributed by atoms with Crippen LogP contribution in [0.4, 0.5) is 4.79 Å². The number of carbonyl (C=O) groups is 2. The highest BCUT2D eigenvalue weighted by Crippen LogP contribution is 2.06. The number of nitrogens with one attached hydrogen (secondary N) is 1. The fourth-order valence-electron chi connectivity index (χ4n) is 1.13. The van der Waals surface area contributed by atoms with Gasteiger partial charge in [0.25, 0.3) is 0 Å². The summed E-state index contributed by atoms with van der Waals surface area (Å²) in [5, 5.41) is 2.49. The highest BCUT2D eigenvalue weighted by Gasteiger charge is 2.16. The Bertz CT molecular complexity index is 370. The first-order valence-corrected chi connectivity index (χ1v) is 6.52. The zero-order chi connectivity index (χ0) is 15.6. The molecule has 0 radical (unpaired) electrons. The van der Waals surface area contributed by atoms with Crippen molar-refractivity contribution >= 4 is 17.9 Å². The summed E-state index contributed by atoms with van der Waals surface area (Å²) < 4.78 is 9.99. The fourth-order valence-corrected chi connectivity index (χ4v) is 1.13. The largest absolute Gasteiger partial charge is 0.465 e. The lowest BCUT2D eigenvalue weighted by Gasteiger charge is -2.19. The second-order valence-corrected chi connectivity index (χ2v) is 5.14. The van der Waals surface area contributed by atoms with Gasteiger partial charge >= 0.3 is 12.1 Å². The molecular formula is C14H24N2O4. The molecule has 0 saturated heterocycles. The van der Waals surface area contributed by atoms with E-state index in [1.807, 2.05) is 0 Å². The molecule has 0 fully saturated rings. The minimum atomic E-state index is -0.563. The highest BCUT2D eigenvalue weighted by atomic mass is 16.6. The number of nitrogens with zero attached hydrogens (tertiary/aromatic N) is 1. The van der Waals surface area contributed by atoms with Gasteiger partial charge < -0.3 is 9.47 Å². The fraction of sp³-hybridized carbons (Fsp3) is 0.643. The smallest absolute Gasteiger partial charge is 0.413 e. The van der Waals surface area contributed by atoms with E-state index < -0.39 is 11.7 Å². The summed E-state index contributed by atoms with van der Waals surface area (Å²) in [6.45, 7) is 11.1. The van der Waals surface area contributed by atoms with Crippen LogP contribution in [-0.2, 0) is 14.3 Å². The van der Waals surface area contributed by atoms with Crippen molar-refractivity contribution in [2.75, 3.05) is 13.2 Å². The summed E-state index contributed by atoms with van der Waals surface area (Å²) in [7, 11) is 0. The molecule has 0 aromatic rings. The Morgan fingerprint density at radius 1 is 1.35 bits per heavy atom. The van der Waals surface area contributed by atoms with Gasteiger partial charge in [0, 0.05) is 0 Å². The number of ether oxygens (including phenoxy) is 2. The van der Waals surface area contributed by atoms with E-state index in [1.54, 1.807) is 33.8 Å². The maximum absolute atomic E-state index is 11.4. The average molecular weight is 284 g/mol. The molecule has 0 aliphatic rings. The number of alkyl carbamates (subject to hydrolysis) is 1. The molecule has 0 heterocycles. The van der Waals surface area contributed by atoms with Gasteiger partial charge in [-0.15, -0.1) is 6.58 Å². The van der Waals surface area contributed by atoms with Crippen LogP contribution in [-0.4, -0.2) is 36.7 Å². The molecule has 0 aliphatic heterocycles. The number of esters is 1. The van der Waals surface area contributed by atoms with Gasteiger partial charge in [-0.2, -0.15) is 0 Å². The van der Waals surface area contributed by atoms with Crippen molar-refractivity contribution in [1.29, 1.82) is 0 Å². The Labute approximate surface area is 120 Å². The van der Waals surface area contributed by atoms with Crippen molar-refractivity contribution < 1.29 is 19.1 Å². The molecule has 0 saturated carbocycles. The zero-order valence-corrected chi connectivity index (χ0v) is 12.7. The highest BCUT2D eigenvalue weighted by molar-refractivity contribution is 5.94. The van der Waals surface area contributed by atoms with E-state index in [4.69, 9.17) is 9.47 Å². The molecule has 1 N–H and O–H groups in total. The number of aliphatic imine (C=N–C) groups is 1. The van der Waals surface area contributed by atoms with E-state index in [1.165, 1.54) is 0 Å². The SMILES string of the molecule is C=CCCOC(=O)CCN=C(C)NC(=O)OC(C)(C)C. The van der Waals surface area contributed by atoms with E-state index in [2.05, 4.69) is 16.9 Å². The summed E-state index contributed by atoms with van der Waals surface area (Å²) >= 11 is 0. The van der Waals surface area contributed by atoms with Crippen LogP contribution in [0.2, 0.25) is 0 Å². The average Bonchev–Trinajstić information content (AvgIpc) is 2.26. The summed E-state index contributed by atoms with van der Waals surface area (Å²) in [5.41, 5.74) is -0.556. The van der Waals surface area contributed by atoms with Gasteiger partial charge in [0.2, 0.25) is 0 Å². The topological polar surface area (TPSA) is 77.0 Å². The molecule has 1 amide bonds. The predicted molar refractivity (Wildman–Crippen MR) is 77.7 cm³/mol. The molecule has 0 rings (SSSR count). The number of hydrogen-bond donors (Lipinski definition) is 1. The van der Waals surface area contributed by atoms with E-state index >= 15 is 0 Å². The molecule has 0 aromatic carbocycles. The van der Waals surface area contributed by atoms with Gasteiger partial charge in [0.15, 0.2) is 0 Å². The summed E-state index contributed by atoms with van der Waals surface area (Å²) in [4.78, 5) is 26.7. The molecule has 114 valence electrons. The van der Waals surface area contributed by atoms with Crippen LogP contribution in [0.5, 0.6) is 0 Å². The standard InChI is InChI=1S/C14H24N2O4/c1-6-7-10-19-12(17)8-9-15-11(2)16-13(18)20-14(3,4)5/h6H,1,7-10H2,2-5H3,(H,15,16,18). The minimum absolute atomic E-state index is 0.171. The summed E-state index contributed by atoms with van der Waals surface area (Å²) in [5.74, 6) is 0.0822. The Kier molecular flexibility index (Phi) is 8.27. The maximum Gasteiger partial charge on any atom is 0.413 e. The van der Waals surface area contributed by atoms with Crippen LogP contribution >= 0.6 is 0 Å². The maximum atomic E-state index is 11.4. The van der Waals surface area contributed by atoms with Crippen molar-refractivity contribution in [2.24, 2.45) is 4.99 Å². The lowest BCUT2D eigenvalue weighted by atomic mass is 10.2. The monoisotopic (exact) mass is 284 g/mol. The first-order valence-electron chi connectivity index (χ1n) is 6.52. The van der Waals surface area contributed by atoms with Crippen LogP contribution < -0.4 is 5.32 Å². The van der Waals surface area contributed by atoms with Crippen LogP contribution in [0.15, 0.2) is 17.6 Å². The number of amidine groups is 1. The number of rotatable bonds is 6. The van der Waals surface area contributed by atoms with Crippen LogP contribution in [0, 0.1) is 0 Å². The van der Waals surface area contributed by atoms with Gasteiger partial charge in [0.1, 0.15) is 11.4 Å². The molecule has 0 aliphatic carbocycles. The lowest BCUT2D eigenvalue weighted by Crippen LogP contribution is -2.35. The first kappa shape index (κ1) is 18.1. The van der Waals surface area contributed by atoms with Crippen molar-refractivity contribution in [3.63, 3.8) is 0 Å². The van der Waals surface area contributed by atoms with Crippen LogP contribution in [0.25, 0.3) is 0 Å². The molecule has 6 nitrogen and oxygen atoms in total.